The number of aromatic nitrogens is 3. The number of hydrogen-bond acceptors (Lipinski definition) is 6. The van der Waals surface area contributed by atoms with Crippen molar-refractivity contribution in [2.45, 2.75) is 33.0 Å². The fourth-order valence-electron chi connectivity index (χ4n) is 2.95. The van der Waals surface area contributed by atoms with Crippen LogP contribution < -0.4 is 15.4 Å². The van der Waals surface area contributed by atoms with E-state index in [1.807, 2.05) is 68.4 Å². The Kier molecular flexibility index (Phi) is 7.80. The lowest BCUT2D eigenvalue weighted by atomic mass is 10.0. The van der Waals surface area contributed by atoms with E-state index in [-0.39, 0.29) is 25.0 Å². The smallest absolute Gasteiger partial charge is 0.408 e. The second-order valence-corrected chi connectivity index (χ2v) is 7.48. The van der Waals surface area contributed by atoms with Gasteiger partial charge in [0.25, 0.3) is 0 Å². The average Bonchev–Trinajstić information content (AvgIpc) is 3.29. The van der Waals surface area contributed by atoms with Crippen molar-refractivity contribution in [1.29, 1.82) is 0 Å². The lowest BCUT2D eigenvalue weighted by molar-refractivity contribution is -0.124. The van der Waals surface area contributed by atoms with Crippen molar-refractivity contribution < 1.29 is 19.1 Å². The largest absolute Gasteiger partial charge is 0.497 e. The summed E-state index contributed by atoms with van der Waals surface area (Å²) in [4.78, 5) is 29.2. The van der Waals surface area contributed by atoms with Gasteiger partial charge in [-0.2, -0.15) is 5.10 Å². The third-order valence-electron chi connectivity index (χ3n) is 4.75. The molecule has 0 aliphatic heterocycles. The van der Waals surface area contributed by atoms with Gasteiger partial charge in [-0.1, -0.05) is 44.2 Å². The first kappa shape index (κ1) is 22.8. The van der Waals surface area contributed by atoms with Gasteiger partial charge in [0.15, 0.2) is 5.82 Å². The Morgan fingerprint density at radius 3 is 2.44 bits per heavy atom. The van der Waals surface area contributed by atoms with Gasteiger partial charge in [-0.25, -0.2) is 9.78 Å². The molecule has 2 amide bonds. The van der Waals surface area contributed by atoms with E-state index in [2.05, 4.69) is 25.8 Å². The normalized spacial score (nSPS) is 11.6. The van der Waals surface area contributed by atoms with Crippen LogP contribution in [-0.2, 0) is 22.7 Å². The molecule has 0 unspecified atom stereocenters. The minimum absolute atomic E-state index is 0.130. The lowest BCUT2D eigenvalue weighted by Gasteiger charge is -2.21. The number of hydrogen-bond donors (Lipinski definition) is 3. The number of nitrogens with one attached hydrogen (secondary N) is 3. The van der Waals surface area contributed by atoms with E-state index in [1.165, 1.54) is 0 Å². The van der Waals surface area contributed by atoms with Gasteiger partial charge in [0.05, 0.1) is 13.7 Å². The van der Waals surface area contributed by atoms with Crippen molar-refractivity contribution in [3.8, 4) is 17.1 Å². The van der Waals surface area contributed by atoms with Crippen LogP contribution in [0.4, 0.5) is 4.79 Å². The van der Waals surface area contributed by atoms with Crippen LogP contribution in [0.3, 0.4) is 0 Å². The van der Waals surface area contributed by atoms with E-state index < -0.39 is 12.1 Å². The Labute approximate surface area is 186 Å². The van der Waals surface area contributed by atoms with Crippen LogP contribution in [0.2, 0.25) is 0 Å². The number of amides is 2. The van der Waals surface area contributed by atoms with Crippen LogP contribution in [-0.4, -0.2) is 40.3 Å². The Bertz CT molecular complexity index is 1020. The summed E-state index contributed by atoms with van der Waals surface area (Å²) in [6, 6.07) is 15.9. The SMILES string of the molecule is COc1ccc(-c2n[nH]c(CNC(=O)[C@@H](NC(=O)OCc3ccccc3)C(C)C)n2)cc1. The van der Waals surface area contributed by atoms with Crippen LogP contribution >= 0.6 is 0 Å². The van der Waals surface area contributed by atoms with Gasteiger partial charge in [0.2, 0.25) is 5.91 Å². The summed E-state index contributed by atoms with van der Waals surface area (Å²) in [5.41, 5.74) is 1.69. The molecular weight excluding hydrogens is 410 g/mol. The predicted octanol–water partition coefficient (Wildman–Crippen LogP) is 3.05. The molecule has 9 nitrogen and oxygen atoms in total. The Morgan fingerprint density at radius 1 is 1.06 bits per heavy atom. The summed E-state index contributed by atoms with van der Waals surface area (Å²) in [7, 11) is 1.60. The highest BCUT2D eigenvalue weighted by Gasteiger charge is 2.25. The number of rotatable bonds is 9. The zero-order chi connectivity index (χ0) is 22.9. The van der Waals surface area contributed by atoms with Crippen molar-refractivity contribution in [3.63, 3.8) is 0 Å². The number of carbonyl (C=O) groups is 2. The maximum Gasteiger partial charge on any atom is 0.408 e. The van der Waals surface area contributed by atoms with E-state index in [1.54, 1.807) is 7.11 Å². The highest BCUT2D eigenvalue weighted by atomic mass is 16.5. The highest BCUT2D eigenvalue weighted by molar-refractivity contribution is 5.85. The zero-order valence-corrected chi connectivity index (χ0v) is 18.3. The van der Waals surface area contributed by atoms with Crippen molar-refractivity contribution in [2.75, 3.05) is 7.11 Å². The highest BCUT2D eigenvalue weighted by Crippen LogP contribution is 2.18. The van der Waals surface area contributed by atoms with Gasteiger partial charge in [0.1, 0.15) is 24.2 Å². The molecule has 1 aromatic heterocycles. The van der Waals surface area contributed by atoms with Crippen LogP contribution in [0.5, 0.6) is 5.75 Å². The van der Waals surface area contributed by atoms with E-state index in [4.69, 9.17) is 9.47 Å². The fourth-order valence-corrected chi connectivity index (χ4v) is 2.95. The fraction of sp³-hybridized carbons (Fsp3) is 0.304. The Hall–Kier alpha value is -3.88. The number of nitrogens with zero attached hydrogens (tertiary/aromatic N) is 2. The molecule has 3 rings (SSSR count). The molecule has 0 radical (unpaired) electrons. The predicted molar refractivity (Wildman–Crippen MR) is 119 cm³/mol. The topological polar surface area (TPSA) is 118 Å². The summed E-state index contributed by atoms with van der Waals surface area (Å²) in [6.45, 7) is 3.97. The van der Waals surface area contributed by atoms with E-state index >= 15 is 0 Å². The molecule has 0 saturated heterocycles. The minimum atomic E-state index is -0.748. The van der Waals surface area contributed by atoms with Gasteiger partial charge in [0, 0.05) is 5.56 Å². The van der Waals surface area contributed by atoms with Crippen LogP contribution in [0.15, 0.2) is 54.6 Å². The Morgan fingerprint density at radius 2 is 1.78 bits per heavy atom. The van der Waals surface area contributed by atoms with Gasteiger partial charge in [-0.15, -0.1) is 0 Å². The molecule has 1 heterocycles. The van der Waals surface area contributed by atoms with E-state index in [9.17, 15) is 9.59 Å². The number of benzene rings is 2. The lowest BCUT2D eigenvalue weighted by Crippen LogP contribution is -2.49. The number of alkyl carbamates (subject to hydrolysis) is 1. The van der Waals surface area contributed by atoms with Gasteiger partial charge >= 0.3 is 6.09 Å². The molecular formula is C23H27N5O4. The molecule has 3 N–H and O–H groups in total. The zero-order valence-electron chi connectivity index (χ0n) is 18.3. The first-order valence-corrected chi connectivity index (χ1v) is 10.3. The minimum Gasteiger partial charge on any atom is -0.497 e. The maximum atomic E-state index is 12.7. The standard InChI is InChI=1S/C23H27N5O4/c1-15(2)20(26-23(30)32-14-16-7-5-4-6-8-16)22(29)24-13-19-25-21(28-27-19)17-9-11-18(31-3)12-10-17/h4-12,15,20H,13-14H2,1-3H3,(H,24,29)(H,26,30)(H,25,27,28)/t20-/m0/s1. The number of H-pyrrole nitrogens is 1. The number of aromatic amines is 1. The van der Waals surface area contributed by atoms with Gasteiger partial charge < -0.3 is 20.1 Å². The van der Waals surface area contributed by atoms with Crippen molar-refractivity contribution >= 4 is 12.0 Å². The molecule has 0 fully saturated rings. The number of carbonyl (C=O) groups excluding carboxylic acids is 2. The van der Waals surface area contributed by atoms with E-state index in [0.29, 0.717) is 11.6 Å². The van der Waals surface area contributed by atoms with Crippen molar-refractivity contribution in [3.05, 3.63) is 66.0 Å². The summed E-state index contributed by atoms with van der Waals surface area (Å²) in [5, 5.41) is 12.4. The van der Waals surface area contributed by atoms with Gasteiger partial charge in [-0.05, 0) is 35.7 Å². The molecule has 1 atom stereocenters. The molecule has 2 aromatic carbocycles. The molecule has 9 heteroatoms. The molecule has 0 aliphatic rings. The maximum absolute atomic E-state index is 12.7. The van der Waals surface area contributed by atoms with Crippen molar-refractivity contribution in [1.82, 2.24) is 25.8 Å². The monoisotopic (exact) mass is 437 g/mol. The molecule has 0 aliphatic carbocycles. The second-order valence-electron chi connectivity index (χ2n) is 7.48. The van der Waals surface area contributed by atoms with Crippen molar-refractivity contribution in [2.24, 2.45) is 5.92 Å². The molecule has 0 saturated carbocycles. The molecule has 0 bridgehead atoms. The average molecular weight is 438 g/mol. The first-order valence-electron chi connectivity index (χ1n) is 10.3. The summed E-state index contributed by atoms with van der Waals surface area (Å²) >= 11 is 0. The molecule has 0 spiro atoms. The second kappa shape index (κ2) is 10.9. The third-order valence-corrected chi connectivity index (χ3v) is 4.75. The number of ether oxygens (including phenoxy) is 2. The van der Waals surface area contributed by atoms with Gasteiger partial charge in [-0.3, -0.25) is 9.89 Å². The molecule has 168 valence electrons. The van der Waals surface area contributed by atoms with Crippen LogP contribution in [0.25, 0.3) is 11.4 Å². The van der Waals surface area contributed by atoms with E-state index in [0.717, 1.165) is 16.9 Å². The number of methoxy groups -OCH3 is 1. The van der Waals surface area contributed by atoms with Crippen LogP contribution in [0, 0.1) is 5.92 Å². The molecule has 3 aromatic rings. The summed E-state index contributed by atoms with van der Waals surface area (Å²) < 4.78 is 10.4. The third kappa shape index (κ3) is 6.31. The quantitative estimate of drug-likeness (QED) is 0.474. The first-order chi connectivity index (χ1) is 15.5. The Balaban J connectivity index is 1.52. The summed E-state index contributed by atoms with van der Waals surface area (Å²) in [6.07, 6.45) is -0.649. The summed E-state index contributed by atoms with van der Waals surface area (Å²) in [5.74, 6) is 1.28. The molecule has 32 heavy (non-hydrogen) atoms. The van der Waals surface area contributed by atoms with Crippen LogP contribution in [0.1, 0.15) is 25.2 Å².